The lowest BCUT2D eigenvalue weighted by Gasteiger charge is -2.39. The first-order valence-corrected chi connectivity index (χ1v) is 8.62. The topological polar surface area (TPSA) is 29.3 Å². The van der Waals surface area contributed by atoms with Gasteiger partial charge in [0, 0.05) is 23.1 Å². The maximum absolute atomic E-state index is 6.05. The summed E-state index contributed by atoms with van der Waals surface area (Å²) >= 11 is 3.50. The van der Waals surface area contributed by atoms with Crippen LogP contribution in [0.2, 0.25) is 0 Å². The second-order valence-corrected chi connectivity index (χ2v) is 6.97. The van der Waals surface area contributed by atoms with E-state index in [2.05, 4.69) is 59.1 Å². The summed E-state index contributed by atoms with van der Waals surface area (Å²) in [6, 6.07) is 9.63. The van der Waals surface area contributed by atoms with Crippen LogP contribution < -0.4 is 5.73 Å². The van der Waals surface area contributed by atoms with Crippen molar-refractivity contribution in [3.63, 3.8) is 0 Å². The van der Waals surface area contributed by atoms with Gasteiger partial charge < -0.3 is 5.73 Å². The molecular formula is C17H27BrN2. The third kappa shape index (κ3) is 3.84. The van der Waals surface area contributed by atoms with Gasteiger partial charge in [-0.05, 0) is 56.3 Å². The summed E-state index contributed by atoms with van der Waals surface area (Å²) in [4.78, 5) is 2.51. The van der Waals surface area contributed by atoms with Crippen LogP contribution in [0.25, 0.3) is 0 Å². The second-order valence-electron chi connectivity index (χ2n) is 6.05. The zero-order valence-corrected chi connectivity index (χ0v) is 14.3. The minimum atomic E-state index is 0.339. The fraction of sp³-hybridized carbons (Fsp3) is 0.647. The van der Waals surface area contributed by atoms with E-state index in [4.69, 9.17) is 5.73 Å². The Bertz CT molecular complexity index is 396. The van der Waals surface area contributed by atoms with E-state index in [0.717, 1.165) is 10.4 Å². The standard InChI is InChI=1S/C17H27BrN2/c1-3-13-4-10-16(11-5-13)20(2)17(12-19)14-6-8-15(18)9-7-14/h6-9,13,16-17H,3-5,10-12,19H2,1-2H3. The van der Waals surface area contributed by atoms with Gasteiger partial charge in [-0.2, -0.15) is 0 Å². The highest BCUT2D eigenvalue weighted by atomic mass is 79.9. The molecule has 2 N–H and O–H groups in total. The van der Waals surface area contributed by atoms with Gasteiger partial charge in [-0.3, -0.25) is 4.90 Å². The first-order valence-electron chi connectivity index (χ1n) is 7.83. The largest absolute Gasteiger partial charge is 0.329 e. The summed E-state index contributed by atoms with van der Waals surface area (Å²) < 4.78 is 1.13. The highest BCUT2D eigenvalue weighted by Gasteiger charge is 2.27. The third-order valence-corrected chi connectivity index (χ3v) is 5.47. The summed E-state index contributed by atoms with van der Waals surface area (Å²) in [6.45, 7) is 3.01. The number of halogens is 1. The summed E-state index contributed by atoms with van der Waals surface area (Å²) in [7, 11) is 2.25. The van der Waals surface area contributed by atoms with Gasteiger partial charge in [0.15, 0.2) is 0 Å². The van der Waals surface area contributed by atoms with Crippen molar-refractivity contribution in [1.82, 2.24) is 4.90 Å². The quantitative estimate of drug-likeness (QED) is 0.864. The molecule has 1 aromatic carbocycles. The fourth-order valence-corrected chi connectivity index (χ4v) is 3.70. The van der Waals surface area contributed by atoms with Crippen molar-refractivity contribution in [3.8, 4) is 0 Å². The predicted molar refractivity (Wildman–Crippen MR) is 89.7 cm³/mol. The number of nitrogens with two attached hydrogens (primary N) is 1. The van der Waals surface area contributed by atoms with Crippen molar-refractivity contribution >= 4 is 15.9 Å². The summed E-state index contributed by atoms with van der Waals surface area (Å²) in [5.74, 6) is 0.948. The van der Waals surface area contributed by atoms with Crippen LogP contribution >= 0.6 is 15.9 Å². The van der Waals surface area contributed by atoms with Gasteiger partial charge in [-0.25, -0.2) is 0 Å². The molecule has 1 fully saturated rings. The number of hydrogen-bond acceptors (Lipinski definition) is 2. The fourth-order valence-electron chi connectivity index (χ4n) is 3.44. The highest BCUT2D eigenvalue weighted by Crippen LogP contribution is 2.32. The zero-order chi connectivity index (χ0) is 14.5. The van der Waals surface area contributed by atoms with E-state index >= 15 is 0 Å². The molecule has 0 spiro atoms. The van der Waals surface area contributed by atoms with E-state index in [1.54, 1.807) is 0 Å². The monoisotopic (exact) mass is 338 g/mol. The first kappa shape index (κ1) is 16.0. The van der Waals surface area contributed by atoms with Crippen LogP contribution in [-0.4, -0.2) is 24.5 Å². The van der Waals surface area contributed by atoms with Crippen molar-refractivity contribution in [3.05, 3.63) is 34.3 Å². The Labute approximate surface area is 131 Å². The molecule has 1 unspecified atom stereocenters. The number of rotatable bonds is 5. The smallest absolute Gasteiger partial charge is 0.0470 e. The van der Waals surface area contributed by atoms with Crippen molar-refractivity contribution in [1.29, 1.82) is 0 Å². The maximum Gasteiger partial charge on any atom is 0.0470 e. The predicted octanol–water partition coefficient (Wildman–Crippen LogP) is 4.35. The molecule has 1 aliphatic rings. The van der Waals surface area contributed by atoms with Crippen LogP contribution in [0.3, 0.4) is 0 Å². The molecule has 2 rings (SSSR count). The molecule has 1 aliphatic carbocycles. The van der Waals surface area contributed by atoms with Crippen LogP contribution in [0.1, 0.15) is 50.6 Å². The van der Waals surface area contributed by atoms with Crippen LogP contribution in [-0.2, 0) is 0 Å². The average Bonchev–Trinajstić information content (AvgIpc) is 2.50. The van der Waals surface area contributed by atoms with Gasteiger partial charge in [0.1, 0.15) is 0 Å². The molecule has 2 nitrogen and oxygen atoms in total. The second kappa shape index (κ2) is 7.58. The minimum Gasteiger partial charge on any atom is -0.329 e. The van der Waals surface area contributed by atoms with Crippen LogP contribution in [0, 0.1) is 5.92 Å². The number of benzene rings is 1. The molecule has 0 heterocycles. The van der Waals surface area contributed by atoms with E-state index in [1.165, 1.54) is 37.7 Å². The van der Waals surface area contributed by atoms with Gasteiger partial charge in [0.05, 0.1) is 0 Å². The van der Waals surface area contributed by atoms with Gasteiger partial charge in [0.2, 0.25) is 0 Å². The Kier molecular flexibility index (Phi) is 6.06. The molecule has 1 saturated carbocycles. The number of nitrogens with zero attached hydrogens (tertiary/aromatic N) is 1. The maximum atomic E-state index is 6.05. The summed E-state index contributed by atoms with van der Waals surface area (Å²) in [5, 5.41) is 0. The molecule has 0 bridgehead atoms. The Morgan fingerprint density at radius 2 is 1.80 bits per heavy atom. The molecule has 0 aliphatic heterocycles. The lowest BCUT2D eigenvalue weighted by Crippen LogP contribution is -2.40. The zero-order valence-electron chi connectivity index (χ0n) is 12.7. The minimum absolute atomic E-state index is 0.339. The molecule has 3 heteroatoms. The van der Waals surface area contributed by atoms with Gasteiger partial charge in [0.25, 0.3) is 0 Å². The van der Waals surface area contributed by atoms with Gasteiger partial charge in [-0.15, -0.1) is 0 Å². The molecule has 1 aromatic rings. The summed E-state index contributed by atoms with van der Waals surface area (Å²) in [6.07, 6.45) is 6.74. The normalized spacial score (nSPS) is 24.9. The molecule has 1 atom stereocenters. The van der Waals surface area contributed by atoms with E-state index < -0.39 is 0 Å². The number of likely N-dealkylation sites (N-methyl/N-ethyl adjacent to an activating group) is 1. The molecule has 20 heavy (non-hydrogen) atoms. The third-order valence-electron chi connectivity index (χ3n) is 4.94. The van der Waals surface area contributed by atoms with E-state index in [0.29, 0.717) is 18.6 Å². The molecular weight excluding hydrogens is 312 g/mol. The van der Waals surface area contributed by atoms with Gasteiger partial charge in [-0.1, -0.05) is 41.4 Å². The van der Waals surface area contributed by atoms with Crippen LogP contribution in [0.5, 0.6) is 0 Å². The molecule has 0 saturated heterocycles. The lowest BCUT2D eigenvalue weighted by molar-refractivity contribution is 0.122. The lowest BCUT2D eigenvalue weighted by atomic mass is 9.83. The van der Waals surface area contributed by atoms with Crippen LogP contribution in [0.15, 0.2) is 28.7 Å². The Morgan fingerprint density at radius 1 is 1.20 bits per heavy atom. The summed E-state index contributed by atoms with van der Waals surface area (Å²) in [5.41, 5.74) is 7.38. The molecule has 0 amide bonds. The van der Waals surface area contributed by atoms with Crippen LogP contribution in [0.4, 0.5) is 0 Å². The van der Waals surface area contributed by atoms with Crippen molar-refractivity contribution in [2.45, 2.75) is 51.1 Å². The number of hydrogen-bond donors (Lipinski definition) is 1. The highest BCUT2D eigenvalue weighted by molar-refractivity contribution is 9.10. The van der Waals surface area contributed by atoms with Crippen molar-refractivity contribution in [2.24, 2.45) is 11.7 Å². The Hall–Kier alpha value is -0.380. The SMILES string of the molecule is CCC1CCC(N(C)C(CN)c2ccc(Br)cc2)CC1. The van der Waals surface area contributed by atoms with E-state index in [9.17, 15) is 0 Å². The van der Waals surface area contributed by atoms with E-state index in [1.807, 2.05) is 0 Å². The average molecular weight is 339 g/mol. The molecule has 0 aromatic heterocycles. The van der Waals surface area contributed by atoms with Crippen molar-refractivity contribution in [2.75, 3.05) is 13.6 Å². The molecule has 0 radical (unpaired) electrons. The Balaban J connectivity index is 2.02. The van der Waals surface area contributed by atoms with Gasteiger partial charge >= 0.3 is 0 Å². The Morgan fingerprint density at radius 3 is 2.30 bits per heavy atom. The van der Waals surface area contributed by atoms with E-state index in [-0.39, 0.29) is 0 Å². The first-order chi connectivity index (χ1) is 9.65. The van der Waals surface area contributed by atoms with Crippen molar-refractivity contribution < 1.29 is 0 Å². The molecule has 112 valence electrons.